The summed E-state index contributed by atoms with van der Waals surface area (Å²) in [5.41, 5.74) is 1.05. The van der Waals surface area contributed by atoms with Crippen molar-refractivity contribution in [1.29, 1.82) is 0 Å². The van der Waals surface area contributed by atoms with Gasteiger partial charge in [0.25, 0.3) is 5.91 Å². The molecule has 3 N–H and O–H groups in total. The van der Waals surface area contributed by atoms with Crippen LogP contribution < -0.4 is 15.4 Å². The summed E-state index contributed by atoms with van der Waals surface area (Å²) in [7, 11) is -3.55. The summed E-state index contributed by atoms with van der Waals surface area (Å²) < 4.78 is 28.6. The third-order valence-corrected chi connectivity index (χ3v) is 7.13. The summed E-state index contributed by atoms with van der Waals surface area (Å²) in [6.07, 6.45) is 5.03. The van der Waals surface area contributed by atoms with E-state index in [9.17, 15) is 13.2 Å². The van der Waals surface area contributed by atoms with Crippen LogP contribution in [0.25, 0.3) is 0 Å². The summed E-state index contributed by atoms with van der Waals surface area (Å²) >= 11 is 8.51. The van der Waals surface area contributed by atoms with Crippen molar-refractivity contribution in [2.75, 3.05) is 5.32 Å². The second kappa shape index (κ2) is 9.80. The van der Waals surface area contributed by atoms with E-state index in [0.29, 0.717) is 15.7 Å². The molecule has 0 atom stereocenters. The van der Waals surface area contributed by atoms with Gasteiger partial charge in [-0.3, -0.25) is 10.1 Å². The maximum absolute atomic E-state index is 12.5. The lowest BCUT2D eigenvalue weighted by molar-refractivity contribution is 0.0977. The van der Waals surface area contributed by atoms with Gasteiger partial charge < -0.3 is 5.32 Å². The molecule has 6 nitrogen and oxygen atoms in total. The summed E-state index contributed by atoms with van der Waals surface area (Å²) in [6.45, 7) is 0. The number of hydrogen-bond donors (Lipinski definition) is 3. The third-order valence-electron chi connectivity index (χ3n) is 4.70. The zero-order chi connectivity index (χ0) is 20.9. The Hall–Kier alpha value is -1.81. The van der Waals surface area contributed by atoms with E-state index >= 15 is 0 Å². The van der Waals surface area contributed by atoms with Gasteiger partial charge >= 0.3 is 0 Å². The van der Waals surface area contributed by atoms with Gasteiger partial charge in [0.15, 0.2) is 5.11 Å². The van der Waals surface area contributed by atoms with Gasteiger partial charge in [-0.2, -0.15) is 0 Å². The van der Waals surface area contributed by atoms with E-state index in [1.807, 2.05) is 6.07 Å². The molecule has 0 aliphatic heterocycles. The number of benzene rings is 2. The molecule has 0 saturated heterocycles. The third kappa shape index (κ3) is 6.08. The van der Waals surface area contributed by atoms with Crippen LogP contribution in [0.5, 0.6) is 0 Å². The van der Waals surface area contributed by atoms with E-state index in [1.54, 1.807) is 30.3 Å². The summed E-state index contributed by atoms with van der Waals surface area (Å²) in [5.74, 6) is -0.342. The van der Waals surface area contributed by atoms with Crippen LogP contribution in [0, 0.1) is 0 Å². The fraction of sp³-hybridized carbons (Fsp3) is 0.300. The minimum Gasteiger partial charge on any atom is -0.332 e. The van der Waals surface area contributed by atoms with Gasteiger partial charge in [0.05, 0.1) is 10.5 Å². The Kier molecular flexibility index (Phi) is 7.39. The largest absolute Gasteiger partial charge is 0.332 e. The van der Waals surface area contributed by atoms with Crippen LogP contribution in [0.1, 0.15) is 42.5 Å². The topological polar surface area (TPSA) is 87.3 Å². The molecule has 0 heterocycles. The zero-order valence-corrected chi connectivity index (χ0v) is 18.9. The number of amides is 1. The second-order valence-electron chi connectivity index (χ2n) is 6.87. The Morgan fingerprint density at radius 3 is 2.31 bits per heavy atom. The molecule has 2 aromatic carbocycles. The van der Waals surface area contributed by atoms with E-state index < -0.39 is 10.0 Å². The number of anilines is 1. The SMILES string of the molecule is O=C(NC(=S)Nc1ccc(S(=O)(=O)NC2CCCCC2)cc1)c1ccccc1Br. The number of thiocarbonyl (C=S) groups is 1. The van der Waals surface area contributed by atoms with Gasteiger partial charge in [-0.25, -0.2) is 13.1 Å². The van der Waals surface area contributed by atoms with Crippen molar-refractivity contribution < 1.29 is 13.2 Å². The average molecular weight is 496 g/mol. The van der Waals surface area contributed by atoms with Crippen LogP contribution in [-0.2, 0) is 10.0 Å². The number of hydrogen-bond acceptors (Lipinski definition) is 4. The Balaban J connectivity index is 1.59. The highest BCUT2D eigenvalue weighted by Crippen LogP contribution is 2.21. The van der Waals surface area contributed by atoms with Crippen molar-refractivity contribution in [1.82, 2.24) is 10.0 Å². The van der Waals surface area contributed by atoms with Crippen molar-refractivity contribution >= 4 is 54.9 Å². The van der Waals surface area contributed by atoms with Gasteiger partial charge in [-0.05, 0) is 77.4 Å². The first kappa shape index (κ1) is 21.9. The highest BCUT2D eigenvalue weighted by atomic mass is 79.9. The Morgan fingerprint density at radius 2 is 1.66 bits per heavy atom. The van der Waals surface area contributed by atoms with Gasteiger partial charge in [0, 0.05) is 16.2 Å². The molecule has 0 unspecified atom stereocenters. The molecule has 154 valence electrons. The fourth-order valence-corrected chi connectivity index (χ4v) is 5.18. The second-order valence-corrected chi connectivity index (χ2v) is 9.85. The molecule has 1 aliphatic carbocycles. The minimum atomic E-state index is -3.55. The van der Waals surface area contributed by atoms with Gasteiger partial charge in [-0.1, -0.05) is 31.4 Å². The first-order valence-electron chi connectivity index (χ1n) is 9.34. The Morgan fingerprint density at radius 1 is 1.00 bits per heavy atom. The molecule has 0 aromatic heterocycles. The normalized spacial score (nSPS) is 14.9. The molecule has 0 radical (unpaired) electrons. The van der Waals surface area contributed by atoms with E-state index in [0.717, 1.165) is 32.1 Å². The molecule has 1 aliphatic rings. The smallest absolute Gasteiger partial charge is 0.258 e. The van der Waals surface area contributed by atoms with Crippen LogP contribution in [0.4, 0.5) is 5.69 Å². The molecule has 3 rings (SSSR count). The minimum absolute atomic E-state index is 0.00616. The molecule has 2 aromatic rings. The number of halogens is 1. The fourth-order valence-electron chi connectivity index (χ4n) is 3.20. The Bertz CT molecular complexity index is 988. The van der Waals surface area contributed by atoms with Crippen molar-refractivity contribution in [2.45, 2.75) is 43.0 Å². The molecule has 1 fully saturated rings. The van der Waals surface area contributed by atoms with Gasteiger partial charge in [-0.15, -0.1) is 0 Å². The van der Waals surface area contributed by atoms with Crippen molar-refractivity contribution in [2.24, 2.45) is 0 Å². The molecule has 0 spiro atoms. The van der Waals surface area contributed by atoms with Crippen molar-refractivity contribution in [3.05, 3.63) is 58.6 Å². The predicted molar refractivity (Wildman–Crippen MR) is 121 cm³/mol. The van der Waals surface area contributed by atoms with E-state index in [2.05, 4.69) is 31.3 Å². The number of nitrogens with one attached hydrogen (secondary N) is 3. The first-order valence-corrected chi connectivity index (χ1v) is 12.0. The van der Waals surface area contributed by atoms with E-state index in [-0.39, 0.29) is 22.0 Å². The molecule has 1 amide bonds. The number of rotatable bonds is 5. The lowest BCUT2D eigenvalue weighted by Gasteiger charge is -2.22. The number of carbonyl (C=O) groups is 1. The van der Waals surface area contributed by atoms with Crippen LogP contribution in [-0.4, -0.2) is 25.5 Å². The monoisotopic (exact) mass is 495 g/mol. The molecule has 9 heteroatoms. The van der Waals surface area contributed by atoms with Crippen molar-refractivity contribution in [3.8, 4) is 0 Å². The maximum atomic E-state index is 12.5. The summed E-state index contributed by atoms with van der Waals surface area (Å²) in [6, 6.07) is 13.3. The lowest BCUT2D eigenvalue weighted by Crippen LogP contribution is -2.36. The molecule has 1 saturated carbocycles. The highest BCUT2D eigenvalue weighted by molar-refractivity contribution is 9.10. The van der Waals surface area contributed by atoms with Crippen LogP contribution in [0.3, 0.4) is 0 Å². The summed E-state index contributed by atoms with van der Waals surface area (Å²) in [5, 5.41) is 5.62. The molecular formula is C20H22BrN3O3S2. The van der Waals surface area contributed by atoms with Gasteiger partial charge in [0.2, 0.25) is 10.0 Å². The average Bonchev–Trinajstić information content (AvgIpc) is 2.69. The lowest BCUT2D eigenvalue weighted by atomic mass is 9.96. The summed E-state index contributed by atoms with van der Waals surface area (Å²) in [4.78, 5) is 12.5. The highest BCUT2D eigenvalue weighted by Gasteiger charge is 2.21. The van der Waals surface area contributed by atoms with Gasteiger partial charge in [0.1, 0.15) is 0 Å². The van der Waals surface area contributed by atoms with Crippen LogP contribution in [0.15, 0.2) is 57.9 Å². The maximum Gasteiger partial charge on any atom is 0.258 e. The number of carbonyl (C=O) groups excluding carboxylic acids is 1. The standard InChI is InChI=1S/C20H22BrN3O3S2/c21-18-9-5-4-8-17(18)19(25)23-20(28)22-14-10-12-16(13-11-14)29(26,27)24-15-6-2-1-3-7-15/h4-5,8-13,15,24H,1-3,6-7H2,(H2,22,23,25,28). The van der Waals surface area contributed by atoms with E-state index in [4.69, 9.17) is 12.2 Å². The predicted octanol–water partition coefficient (Wildman–Crippen LogP) is 4.19. The quantitative estimate of drug-likeness (QED) is 0.541. The first-order chi connectivity index (χ1) is 13.8. The van der Waals surface area contributed by atoms with Crippen LogP contribution in [0.2, 0.25) is 0 Å². The number of sulfonamides is 1. The van der Waals surface area contributed by atoms with Crippen molar-refractivity contribution in [3.63, 3.8) is 0 Å². The molecule has 29 heavy (non-hydrogen) atoms. The molecular weight excluding hydrogens is 474 g/mol. The molecule has 0 bridgehead atoms. The van der Waals surface area contributed by atoms with E-state index in [1.165, 1.54) is 12.1 Å². The van der Waals surface area contributed by atoms with Crippen LogP contribution >= 0.6 is 28.1 Å². The Labute approximate surface area is 184 Å². The zero-order valence-electron chi connectivity index (χ0n) is 15.7.